The Labute approximate surface area is 135 Å². The lowest BCUT2D eigenvalue weighted by Gasteiger charge is -2.22. The molecule has 1 fully saturated rings. The number of nitrogens with one attached hydrogen (secondary N) is 1. The average Bonchev–Trinajstić information content (AvgIpc) is 3.13. The summed E-state index contributed by atoms with van der Waals surface area (Å²) in [4.78, 5) is 14.0. The Morgan fingerprint density at radius 3 is 2.61 bits per heavy atom. The van der Waals surface area contributed by atoms with Crippen LogP contribution in [0.3, 0.4) is 0 Å². The van der Waals surface area contributed by atoms with Crippen LogP contribution < -0.4 is 0 Å². The Kier molecular flexibility index (Phi) is 3.97. The molecule has 0 bridgehead atoms. The number of hydrogen-bond acceptors (Lipinski definition) is 4. The van der Waals surface area contributed by atoms with E-state index in [9.17, 15) is 13.2 Å². The van der Waals surface area contributed by atoms with E-state index in [-0.39, 0.29) is 23.5 Å². The molecule has 7 heteroatoms. The SMILES string of the molecule is Cc1ccc(-c2cc(C(=O)N(C)[C@@H]3CCS(=O)(=O)C3)[nH]n2)cc1. The van der Waals surface area contributed by atoms with Crippen LogP contribution in [0.4, 0.5) is 0 Å². The minimum Gasteiger partial charge on any atom is -0.336 e. The number of amides is 1. The predicted octanol–water partition coefficient (Wildman–Crippen LogP) is 1.64. The van der Waals surface area contributed by atoms with Crippen molar-refractivity contribution < 1.29 is 13.2 Å². The third-order valence-corrected chi connectivity index (χ3v) is 5.98. The molecule has 1 saturated heterocycles. The number of rotatable bonds is 3. The van der Waals surface area contributed by atoms with Gasteiger partial charge in [-0.1, -0.05) is 29.8 Å². The molecule has 1 amide bonds. The topological polar surface area (TPSA) is 83.1 Å². The molecule has 0 unspecified atom stereocenters. The molecule has 3 rings (SSSR count). The van der Waals surface area contributed by atoms with Crippen molar-refractivity contribution in [3.05, 3.63) is 41.6 Å². The van der Waals surface area contributed by atoms with E-state index in [0.29, 0.717) is 17.8 Å². The van der Waals surface area contributed by atoms with Gasteiger partial charge in [-0.15, -0.1) is 0 Å². The van der Waals surface area contributed by atoms with E-state index < -0.39 is 9.84 Å². The first kappa shape index (κ1) is 15.7. The number of aromatic amines is 1. The lowest BCUT2D eigenvalue weighted by atomic mass is 10.1. The first-order valence-electron chi connectivity index (χ1n) is 7.46. The van der Waals surface area contributed by atoms with Gasteiger partial charge in [0, 0.05) is 18.7 Å². The van der Waals surface area contributed by atoms with E-state index in [4.69, 9.17) is 0 Å². The number of aromatic nitrogens is 2. The summed E-state index contributed by atoms with van der Waals surface area (Å²) in [6.45, 7) is 2.01. The second kappa shape index (κ2) is 5.81. The van der Waals surface area contributed by atoms with Gasteiger partial charge in [0.05, 0.1) is 17.2 Å². The molecule has 0 radical (unpaired) electrons. The van der Waals surface area contributed by atoms with Crippen molar-refractivity contribution in [2.45, 2.75) is 19.4 Å². The minimum absolute atomic E-state index is 0.0359. The highest BCUT2D eigenvalue weighted by atomic mass is 32.2. The fourth-order valence-corrected chi connectivity index (χ4v) is 4.51. The first-order valence-corrected chi connectivity index (χ1v) is 9.28. The Hall–Kier alpha value is -2.15. The number of H-pyrrole nitrogens is 1. The van der Waals surface area contributed by atoms with E-state index in [0.717, 1.165) is 11.1 Å². The van der Waals surface area contributed by atoms with Crippen LogP contribution in [0, 0.1) is 6.92 Å². The Morgan fingerprint density at radius 2 is 2.00 bits per heavy atom. The van der Waals surface area contributed by atoms with Crippen molar-refractivity contribution in [1.82, 2.24) is 15.1 Å². The second-order valence-corrected chi connectivity index (χ2v) is 8.23. The van der Waals surface area contributed by atoms with Gasteiger partial charge in [0.1, 0.15) is 5.69 Å². The van der Waals surface area contributed by atoms with Crippen LogP contribution >= 0.6 is 0 Å². The number of carbonyl (C=O) groups excluding carboxylic acids is 1. The third-order valence-electron chi connectivity index (χ3n) is 4.23. The molecule has 1 N–H and O–H groups in total. The minimum atomic E-state index is -3.02. The summed E-state index contributed by atoms with van der Waals surface area (Å²) in [5.41, 5.74) is 3.15. The molecule has 6 nitrogen and oxygen atoms in total. The maximum Gasteiger partial charge on any atom is 0.271 e. The zero-order chi connectivity index (χ0) is 16.6. The summed E-state index contributed by atoms with van der Waals surface area (Å²) in [5, 5.41) is 6.94. The molecule has 1 atom stereocenters. The molecule has 2 aromatic rings. The van der Waals surface area contributed by atoms with Crippen molar-refractivity contribution in [3.63, 3.8) is 0 Å². The van der Waals surface area contributed by atoms with Crippen LogP contribution in [-0.2, 0) is 9.84 Å². The molecule has 23 heavy (non-hydrogen) atoms. The van der Waals surface area contributed by atoms with Crippen LogP contribution in [-0.4, -0.2) is 54.0 Å². The molecule has 1 aliphatic heterocycles. The van der Waals surface area contributed by atoms with E-state index >= 15 is 0 Å². The fraction of sp³-hybridized carbons (Fsp3) is 0.375. The highest BCUT2D eigenvalue weighted by Crippen LogP contribution is 2.21. The van der Waals surface area contributed by atoms with Crippen LogP contribution in [0.1, 0.15) is 22.5 Å². The largest absolute Gasteiger partial charge is 0.336 e. The van der Waals surface area contributed by atoms with Crippen molar-refractivity contribution in [3.8, 4) is 11.3 Å². The van der Waals surface area contributed by atoms with Gasteiger partial charge >= 0.3 is 0 Å². The second-order valence-electron chi connectivity index (χ2n) is 6.01. The maximum atomic E-state index is 12.5. The normalized spacial score (nSPS) is 19.7. The summed E-state index contributed by atoms with van der Waals surface area (Å²) < 4.78 is 23.1. The van der Waals surface area contributed by atoms with Gasteiger partial charge in [0.25, 0.3) is 5.91 Å². The zero-order valence-corrected chi connectivity index (χ0v) is 13.9. The van der Waals surface area contributed by atoms with Gasteiger partial charge in [0.2, 0.25) is 0 Å². The fourth-order valence-electron chi connectivity index (χ4n) is 2.74. The van der Waals surface area contributed by atoms with E-state index in [1.54, 1.807) is 13.1 Å². The molecule has 1 aliphatic rings. The molecule has 1 aromatic heterocycles. The standard InChI is InChI=1S/C16H19N3O3S/c1-11-3-5-12(6-4-11)14-9-15(18-17-14)16(20)19(2)13-7-8-23(21,22)10-13/h3-6,9,13H,7-8,10H2,1-2H3,(H,17,18)/t13-/m1/s1. The summed E-state index contributed by atoms with van der Waals surface area (Å²) >= 11 is 0. The summed E-state index contributed by atoms with van der Waals surface area (Å²) in [7, 11) is -1.38. The number of hydrogen-bond donors (Lipinski definition) is 1. The maximum absolute atomic E-state index is 12.5. The lowest BCUT2D eigenvalue weighted by molar-refractivity contribution is 0.0741. The van der Waals surface area contributed by atoms with Gasteiger partial charge in [-0.3, -0.25) is 9.89 Å². The van der Waals surface area contributed by atoms with Gasteiger partial charge in [-0.2, -0.15) is 5.10 Å². The highest BCUT2D eigenvalue weighted by Gasteiger charge is 2.33. The highest BCUT2D eigenvalue weighted by molar-refractivity contribution is 7.91. The number of nitrogens with zero attached hydrogens (tertiary/aromatic N) is 2. The quantitative estimate of drug-likeness (QED) is 0.926. The Morgan fingerprint density at radius 1 is 1.30 bits per heavy atom. The van der Waals surface area contributed by atoms with Crippen LogP contribution in [0.2, 0.25) is 0 Å². The molecular weight excluding hydrogens is 314 g/mol. The summed E-state index contributed by atoms with van der Waals surface area (Å²) in [5.74, 6) is -0.0564. The summed E-state index contributed by atoms with van der Waals surface area (Å²) in [6.07, 6.45) is 0.490. The first-order chi connectivity index (χ1) is 10.9. The van der Waals surface area contributed by atoms with Gasteiger partial charge in [-0.25, -0.2) is 8.42 Å². The van der Waals surface area contributed by atoms with Crippen LogP contribution in [0.15, 0.2) is 30.3 Å². The molecule has 1 aromatic carbocycles. The van der Waals surface area contributed by atoms with Crippen LogP contribution in [0.25, 0.3) is 11.3 Å². The Balaban J connectivity index is 1.77. The van der Waals surface area contributed by atoms with Crippen molar-refractivity contribution in [1.29, 1.82) is 0 Å². The predicted molar refractivity (Wildman–Crippen MR) is 87.9 cm³/mol. The molecule has 0 saturated carbocycles. The average molecular weight is 333 g/mol. The van der Waals surface area contributed by atoms with E-state index in [1.165, 1.54) is 4.90 Å². The molecule has 122 valence electrons. The number of benzene rings is 1. The third kappa shape index (κ3) is 3.29. The van der Waals surface area contributed by atoms with Gasteiger partial charge in [0.15, 0.2) is 9.84 Å². The van der Waals surface area contributed by atoms with E-state index in [2.05, 4.69) is 10.2 Å². The molecule has 0 spiro atoms. The van der Waals surface area contributed by atoms with Crippen molar-refractivity contribution in [2.75, 3.05) is 18.6 Å². The van der Waals surface area contributed by atoms with Crippen molar-refractivity contribution in [2.24, 2.45) is 0 Å². The zero-order valence-electron chi connectivity index (χ0n) is 13.1. The molecule has 0 aliphatic carbocycles. The Bertz CT molecular complexity index is 825. The van der Waals surface area contributed by atoms with Crippen LogP contribution in [0.5, 0.6) is 0 Å². The van der Waals surface area contributed by atoms with E-state index in [1.807, 2.05) is 31.2 Å². The lowest BCUT2D eigenvalue weighted by Crippen LogP contribution is -2.38. The molecule has 2 heterocycles. The monoisotopic (exact) mass is 333 g/mol. The number of aryl methyl sites for hydroxylation is 1. The summed E-state index contributed by atoms with van der Waals surface area (Å²) in [6, 6.07) is 9.31. The number of carbonyl (C=O) groups is 1. The smallest absolute Gasteiger partial charge is 0.271 e. The van der Waals surface area contributed by atoms with Gasteiger partial charge in [-0.05, 0) is 19.4 Å². The molecular formula is C16H19N3O3S. The van der Waals surface area contributed by atoms with Gasteiger partial charge < -0.3 is 4.90 Å². The van der Waals surface area contributed by atoms with Crippen molar-refractivity contribution >= 4 is 15.7 Å². The number of sulfone groups is 1.